The van der Waals surface area contributed by atoms with E-state index in [9.17, 15) is 4.79 Å². The number of carbonyl (C=O) groups is 1. The maximum absolute atomic E-state index is 12.5. The van der Waals surface area contributed by atoms with Crippen LogP contribution in [0.2, 0.25) is 0 Å². The Kier molecular flexibility index (Phi) is 3.22. The summed E-state index contributed by atoms with van der Waals surface area (Å²) in [5.41, 5.74) is 2.52. The second kappa shape index (κ2) is 4.90. The molecule has 1 aromatic heterocycles. The summed E-state index contributed by atoms with van der Waals surface area (Å²) in [6, 6.07) is 5.93. The fraction of sp³-hybridized carbons (Fsp3) is 0.467. The zero-order valence-corrected chi connectivity index (χ0v) is 11.8. The van der Waals surface area contributed by atoms with Crippen LogP contribution in [0.25, 0.3) is 11.0 Å². The summed E-state index contributed by atoms with van der Waals surface area (Å²) in [5, 5.41) is 9.11. The highest BCUT2D eigenvalue weighted by Gasteiger charge is 2.32. The minimum Gasteiger partial charge on any atom is -0.395 e. The average molecular weight is 273 g/mol. The van der Waals surface area contributed by atoms with E-state index in [2.05, 4.69) is 4.98 Å². The van der Waals surface area contributed by atoms with Crippen molar-refractivity contribution in [1.29, 1.82) is 0 Å². The lowest BCUT2D eigenvalue weighted by molar-refractivity contribution is 0.0708. The van der Waals surface area contributed by atoms with Gasteiger partial charge >= 0.3 is 0 Å². The monoisotopic (exact) mass is 273 g/mol. The summed E-state index contributed by atoms with van der Waals surface area (Å²) in [7, 11) is 1.97. The van der Waals surface area contributed by atoms with Gasteiger partial charge in [0.25, 0.3) is 5.91 Å². The van der Waals surface area contributed by atoms with Crippen molar-refractivity contribution >= 4 is 16.9 Å². The minimum atomic E-state index is -0.00763. The number of hydrogen-bond acceptors (Lipinski definition) is 3. The molecule has 3 rings (SSSR count). The number of fused-ring (bicyclic) bond motifs is 1. The highest BCUT2D eigenvalue weighted by Crippen LogP contribution is 2.28. The van der Waals surface area contributed by atoms with Crippen molar-refractivity contribution in [2.24, 2.45) is 7.05 Å². The molecule has 1 aromatic carbocycles. The largest absolute Gasteiger partial charge is 0.395 e. The fourth-order valence-corrected chi connectivity index (χ4v) is 2.56. The van der Waals surface area contributed by atoms with Crippen LogP contribution in [0.3, 0.4) is 0 Å². The minimum absolute atomic E-state index is 0.00712. The molecule has 0 radical (unpaired) electrons. The van der Waals surface area contributed by atoms with Crippen LogP contribution in [-0.4, -0.2) is 44.7 Å². The van der Waals surface area contributed by atoms with Gasteiger partial charge in [0.15, 0.2) is 0 Å². The van der Waals surface area contributed by atoms with Gasteiger partial charge in [0.05, 0.1) is 17.6 Å². The van der Waals surface area contributed by atoms with Gasteiger partial charge < -0.3 is 14.6 Å². The van der Waals surface area contributed by atoms with Crippen molar-refractivity contribution in [2.75, 3.05) is 13.2 Å². The summed E-state index contributed by atoms with van der Waals surface area (Å²) in [6.45, 7) is 2.36. The number of aryl methyl sites for hydroxylation is 2. The van der Waals surface area contributed by atoms with Gasteiger partial charge in [-0.1, -0.05) is 0 Å². The summed E-state index contributed by atoms with van der Waals surface area (Å²) >= 11 is 0. The van der Waals surface area contributed by atoms with E-state index in [1.807, 2.05) is 36.7 Å². The molecule has 1 aliphatic rings. The molecule has 1 N–H and O–H groups in total. The Bertz CT molecular complexity index is 658. The quantitative estimate of drug-likeness (QED) is 0.918. The van der Waals surface area contributed by atoms with E-state index in [1.165, 1.54) is 0 Å². The molecule has 5 heteroatoms. The molecule has 0 atom stereocenters. The number of benzene rings is 1. The first kappa shape index (κ1) is 13.1. The Morgan fingerprint density at radius 1 is 1.50 bits per heavy atom. The van der Waals surface area contributed by atoms with E-state index in [4.69, 9.17) is 5.11 Å². The number of amides is 1. The molecule has 1 amide bonds. The molecule has 0 spiro atoms. The van der Waals surface area contributed by atoms with Gasteiger partial charge in [0.1, 0.15) is 5.82 Å². The number of aliphatic hydroxyl groups is 1. The number of aromatic nitrogens is 2. The third-order valence-corrected chi connectivity index (χ3v) is 3.94. The zero-order valence-electron chi connectivity index (χ0n) is 11.8. The Morgan fingerprint density at radius 2 is 2.25 bits per heavy atom. The molecule has 1 aliphatic carbocycles. The van der Waals surface area contributed by atoms with Gasteiger partial charge in [-0.25, -0.2) is 4.98 Å². The summed E-state index contributed by atoms with van der Waals surface area (Å²) in [5.74, 6) is 0.922. The molecule has 0 saturated heterocycles. The maximum atomic E-state index is 12.5. The van der Waals surface area contributed by atoms with E-state index in [-0.39, 0.29) is 12.5 Å². The molecule has 1 fully saturated rings. The first-order chi connectivity index (χ1) is 9.61. The van der Waals surface area contributed by atoms with Gasteiger partial charge in [-0.2, -0.15) is 0 Å². The molecule has 2 aromatic rings. The Morgan fingerprint density at radius 3 is 2.90 bits per heavy atom. The molecule has 1 heterocycles. The number of aliphatic hydroxyl groups excluding tert-OH is 1. The fourth-order valence-electron chi connectivity index (χ4n) is 2.56. The molecule has 0 aliphatic heterocycles. The Hall–Kier alpha value is -1.88. The van der Waals surface area contributed by atoms with Gasteiger partial charge in [0.2, 0.25) is 0 Å². The van der Waals surface area contributed by atoms with Crippen LogP contribution in [0.15, 0.2) is 18.2 Å². The number of imidazole rings is 1. The van der Waals surface area contributed by atoms with Crippen molar-refractivity contribution in [3.05, 3.63) is 29.6 Å². The van der Waals surface area contributed by atoms with Crippen molar-refractivity contribution in [3.63, 3.8) is 0 Å². The van der Waals surface area contributed by atoms with Crippen molar-refractivity contribution in [2.45, 2.75) is 25.8 Å². The lowest BCUT2D eigenvalue weighted by atomic mass is 10.1. The molecular formula is C15H19N3O2. The van der Waals surface area contributed by atoms with Crippen LogP contribution in [0.5, 0.6) is 0 Å². The van der Waals surface area contributed by atoms with Gasteiger partial charge in [-0.15, -0.1) is 0 Å². The highest BCUT2D eigenvalue weighted by molar-refractivity contribution is 5.97. The van der Waals surface area contributed by atoms with Crippen molar-refractivity contribution in [3.8, 4) is 0 Å². The van der Waals surface area contributed by atoms with E-state index < -0.39 is 0 Å². The molecular weight excluding hydrogens is 254 g/mol. The van der Waals surface area contributed by atoms with Crippen LogP contribution >= 0.6 is 0 Å². The van der Waals surface area contributed by atoms with Gasteiger partial charge in [0, 0.05) is 25.2 Å². The average Bonchev–Trinajstić information content (AvgIpc) is 3.23. The normalized spacial score (nSPS) is 14.8. The summed E-state index contributed by atoms with van der Waals surface area (Å²) < 4.78 is 2.01. The third kappa shape index (κ3) is 2.18. The summed E-state index contributed by atoms with van der Waals surface area (Å²) in [6.07, 6.45) is 2.08. The maximum Gasteiger partial charge on any atom is 0.254 e. The highest BCUT2D eigenvalue weighted by atomic mass is 16.3. The number of hydrogen-bond donors (Lipinski definition) is 1. The summed E-state index contributed by atoms with van der Waals surface area (Å²) in [4.78, 5) is 18.8. The van der Waals surface area contributed by atoms with Crippen LogP contribution in [0.1, 0.15) is 29.0 Å². The second-order valence-corrected chi connectivity index (χ2v) is 5.37. The smallest absolute Gasteiger partial charge is 0.254 e. The Labute approximate surface area is 117 Å². The zero-order chi connectivity index (χ0) is 14.3. The molecule has 106 valence electrons. The van der Waals surface area contributed by atoms with Crippen LogP contribution < -0.4 is 0 Å². The van der Waals surface area contributed by atoms with Gasteiger partial charge in [-0.05, 0) is 38.0 Å². The molecule has 0 unspecified atom stereocenters. The van der Waals surface area contributed by atoms with Crippen molar-refractivity contribution in [1.82, 2.24) is 14.5 Å². The molecule has 1 saturated carbocycles. The first-order valence-electron chi connectivity index (χ1n) is 6.96. The Balaban J connectivity index is 1.94. The predicted octanol–water partition coefficient (Wildman–Crippen LogP) is 1.48. The van der Waals surface area contributed by atoms with E-state index in [1.54, 1.807) is 4.90 Å². The van der Waals surface area contributed by atoms with E-state index >= 15 is 0 Å². The van der Waals surface area contributed by atoms with Crippen LogP contribution in [0, 0.1) is 6.92 Å². The molecule has 0 bridgehead atoms. The van der Waals surface area contributed by atoms with Crippen LogP contribution in [0.4, 0.5) is 0 Å². The number of carbonyl (C=O) groups excluding carboxylic acids is 1. The predicted molar refractivity (Wildman–Crippen MR) is 76.6 cm³/mol. The number of nitrogens with zero attached hydrogens (tertiary/aromatic N) is 3. The standard InChI is InChI=1S/C15H19N3O2/c1-10-16-13-9-11(3-6-14(13)17(10)2)15(20)18(7-8-19)12-4-5-12/h3,6,9,12,19H,4-5,7-8H2,1-2H3. The van der Waals surface area contributed by atoms with Crippen molar-refractivity contribution < 1.29 is 9.90 Å². The third-order valence-electron chi connectivity index (χ3n) is 3.94. The first-order valence-corrected chi connectivity index (χ1v) is 6.96. The molecule has 5 nitrogen and oxygen atoms in total. The van der Waals surface area contributed by atoms with Crippen LogP contribution in [-0.2, 0) is 7.05 Å². The SMILES string of the molecule is Cc1nc2cc(C(=O)N(CCO)C3CC3)ccc2n1C. The van der Waals surface area contributed by atoms with Gasteiger partial charge in [-0.3, -0.25) is 4.79 Å². The molecule has 20 heavy (non-hydrogen) atoms. The van der Waals surface area contributed by atoms with E-state index in [0.717, 1.165) is 29.7 Å². The second-order valence-electron chi connectivity index (χ2n) is 5.37. The number of rotatable bonds is 4. The lowest BCUT2D eigenvalue weighted by Crippen LogP contribution is -2.35. The van der Waals surface area contributed by atoms with E-state index in [0.29, 0.717) is 18.2 Å². The topological polar surface area (TPSA) is 58.4 Å². The lowest BCUT2D eigenvalue weighted by Gasteiger charge is -2.21.